The summed E-state index contributed by atoms with van der Waals surface area (Å²) in [7, 11) is -1.53. The van der Waals surface area contributed by atoms with Crippen LogP contribution >= 0.6 is 0 Å². The molecule has 6 heteroatoms. The van der Waals surface area contributed by atoms with Gasteiger partial charge < -0.3 is 14.8 Å². The molecule has 0 aromatic carbocycles. The van der Waals surface area contributed by atoms with E-state index in [4.69, 9.17) is 14.8 Å². The number of hydrogen-bond acceptors (Lipinski definition) is 5. The molecule has 12 heavy (non-hydrogen) atoms. The Labute approximate surface area is 70.2 Å². The molecule has 0 bridgehead atoms. The Bertz CT molecular complexity index is 239. The highest BCUT2D eigenvalue weighted by Crippen LogP contribution is 1.95. The van der Waals surface area contributed by atoms with Crippen LogP contribution in [0.15, 0.2) is 12.4 Å². The number of aromatic nitrogens is 2. The minimum absolute atomic E-state index is 0.238. The number of ether oxygens (including phenoxy) is 1. The highest BCUT2D eigenvalue weighted by atomic mass is 16.5. The van der Waals surface area contributed by atoms with Crippen LogP contribution < -0.4 is 10.2 Å². The standard InChI is InChI=1S/C6H9BN2O3/c1-2-12-6-8-3-5(4-9-6)7(10)11/h3-4,10-11H,2H2,1H3. The van der Waals surface area contributed by atoms with E-state index in [0.29, 0.717) is 6.61 Å². The van der Waals surface area contributed by atoms with Crippen LogP contribution in [0.3, 0.4) is 0 Å². The lowest BCUT2D eigenvalue weighted by atomic mass is 9.83. The predicted octanol–water partition coefficient (Wildman–Crippen LogP) is -1.44. The molecule has 5 nitrogen and oxygen atoms in total. The van der Waals surface area contributed by atoms with Gasteiger partial charge >= 0.3 is 13.1 Å². The highest BCUT2D eigenvalue weighted by molar-refractivity contribution is 6.58. The summed E-state index contributed by atoms with van der Waals surface area (Å²) in [5.74, 6) is 0. The van der Waals surface area contributed by atoms with Crippen LogP contribution in [-0.4, -0.2) is 33.7 Å². The van der Waals surface area contributed by atoms with Crippen LogP contribution in [0.2, 0.25) is 0 Å². The summed E-state index contributed by atoms with van der Waals surface area (Å²) >= 11 is 0. The molecule has 0 amide bonds. The van der Waals surface area contributed by atoms with Crippen LogP contribution in [0.25, 0.3) is 0 Å². The molecule has 0 unspecified atom stereocenters. The Kier molecular flexibility index (Phi) is 3.01. The summed E-state index contributed by atoms with van der Waals surface area (Å²) in [5.41, 5.74) is 0.249. The van der Waals surface area contributed by atoms with Crippen LogP contribution in [0, 0.1) is 0 Å². The van der Waals surface area contributed by atoms with Gasteiger partial charge in [0.05, 0.1) is 6.61 Å². The van der Waals surface area contributed by atoms with Crippen molar-refractivity contribution in [1.82, 2.24) is 9.97 Å². The normalized spacial score (nSPS) is 9.58. The van der Waals surface area contributed by atoms with E-state index in [2.05, 4.69) is 9.97 Å². The van der Waals surface area contributed by atoms with Crippen molar-refractivity contribution in [2.45, 2.75) is 6.92 Å². The van der Waals surface area contributed by atoms with E-state index in [-0.39, 0.29) is 11.5 Å². The summed E-state index contributed by atoms with van der Waals surface area (Å²) in [6.07, 6.45) is 2.62. The molecule has 0 aliphatic carbocycles. The zero-order valence-electron chi connectivity index (χ0n) is 6.64. The van der Waals surface area contributed by atoms with Crippen LogP contribution in [0.1, 0.15) is 6.92 Å². The van der Waals surface area contributed by atoms with Gasteiger partial charge in [-0.3, -0.25) is 0 Å². The Morgan fingerprint density at radius 2 is 2.00 bits per heavy atom. The van der Waals surface area contributed by atoms with Gasteiger partial charge in [-0.25, -0.2) is 9.97 Å². The van der Waals surface area contributed by atoms with Crippen molar-refractivity contribution >= 4 is 12.6 Å². The Balaban J connectivity index is 2.71. The zero-order valence-corrected chi connectivity index (χ0v) is 6.64. The molecule has 0 spiro atoms. The fraction of sp³-hybridized carbons (Fsp3) is 0.333. The van der Waals surface area contributed by atoms with Crippen molar-refractivity contribution in [3.8, 4) is 6.01 Å². The molecule has 64 valence electrons. The van der Waals surface area contributed by atoms with Crippen LogP contribution in [0.4, 0.5) is 0 Å². The molecular formula is C6H9BN2O3. The van der Waals surface area contributed by atoms with E-state index in [0.717, 1.165) is 0 Å². The molecule has 1 heterocycles. The summed E-state index contributed by atoms with van der Waals surface area (Å²) in [4.78, 5) is 7.47. The SMILES string of the molecule is CCOc1ncc(B(O)O)cn1. The minimum atomic E-state index is -1.53. The number of rotatable bonds is 3. The average Bonchev–Trinajstić information content (AvgIpc) is 2.06. The molecule has 0 radical (unpaired) electrons. The van der Waals surface area contributed by atoms with E-state index >= 15 is 0 Å². The average molecular weight is 168 g/mol. The molecule has 0 atom stereocenters. The van der Waals surface area contributed by atoms with Gasteiger partial charge in [-0.05, 0) is 6.92 Å². The van der Waals surface area contributed by atoms with Crippen molar-refractivity contribution in [3.05, 3.63) is 12.4 Å². The maximum atomic E-state index is 8.68. The van der Waals surface area contributed by atoms with Gasteiger partial charge in [-0.15, -0.1) is 0 Å². The van der Waals surface area contributed by atoms with Gasteiger partial charge in [0.1, 0.15) is 0 Å². The van der Waals surface area contributed by atoms with Crippen molar-refractivity contribution < 1.29 is 14.8 Å². The first-order valence-electron chi connectivity index (χ1n) is 3.55. The Morgan fingerprint density at radius 3 is 2.42 bits per heavy atom. The lowest BCUT2D eigenvalue weighted by molar-refractivity contribution is 0.312. The lowest BCUT2D eigenvalue weighted by Gasteiger charge is -2.00. The van der Waals surface area contributed by atoms with Gasteiger partial charge in [0, 0.05) is 17.9 Å². The molecule has 0 fully saturated rings. The summed E-state index contributed by atoms with van der Waals surface area (Å²) in [6, 6.07) is 0.238. The predicted molar refractivity (Wildman–Crippen MR) is 43.0 cm³/mol. The molecular weight excluding hydrogens is 159 g/mol. The van der Waals surface area contributed by atoms with E-state index < -0.39 is 7.12 Å². The Morgan fingerprint density at radius 1 is 1.42 bits per heavy atom. The summed E-state index contributed by atoms with van der Waals surface area (Å²) in [6.45, 7) is 2.30. The quantitative estimate of drug-likeness (QED) is 0.540. The Hall–Kier alpha value is -1.14. The third kappa shape index (κ3) is 2.18. The third-order valence-corrected chi connectivity index (χ3v) is 1.22. The zero-order chi connectivity index (χ0) is 8.97. The first-order chi connectivity index (χ1) is 5.74. The first kappa shape index (κ1) is 8.96. The van der Waals surface area contributed by atoms with E-state index in [9.17, 15) is 0 Å². The number of nitrogens with zero attached hydrogens (tertiary/aromatic N) is 2. The molecule has 0 saturated heterocycles. The van der Waals surface area contributed by atoms with Gasteiger partial charge in [0.25, 0.3) is 0 Å². The lowest BCUT2D eigenvalue weighted by Crippen LogP contribution is -2.30. The molecule has 1 aromatic rings. The van der Waals surface area contributed by atoms with Crippen molar-refractivity contribution in [2.24, 2.45) is 0 Å². The summed E-state index contributed by atoms with van der Waals surface area (Å²) in [5, 5.41) is 17.4. The van der Waals surface area contributed by atoms with Gasteiger partial charge in [-0.1, -0.05) is 0 Å². The van der Waals surface area contributed by atoms with Crippen LogP contribution in [-0.2, 0) is 0 Å². The minimum Gasteiger partial charge on any atom is -0.464 e. The fourth-order valence-corrected chi connectivity index (χ4v) is 0.663. The smallest absolute Gasteiger partial charge is 0.464 e. The van der Waals surface area contributed by atoms with Crippen LogP contribution in [0.5, 0.6) is 6.01 Å². The highest BCUT2D eigenvalue weighted by Gasteiger charge is 2.11. The molecule has 1 aromatic heterocycles. The van der Waals surface area contributed by atoms with Crippen molar-refractivity contribution in [3.63, 3.8) is 0 Å². The largest absolute Gasteiger partial charge is 0.491 e. The summed E-state index contributed by atoms with van der Waals surface area (Å²) < 4.78 is 4.96. The first-order valence-corrected chi connectivity index (χ1v) is 3.55. The maximum absolute atomic E-state index is 8.68. The van der Waals surface area contributed by atoms with Gasteiger partial charge in [0.2, 0.25) is 0 Å². The van der Waals surface area contributed by atoms with E-state index in [1.165, 1.54) is 12.4 Å². The number of hydrogen-bond donors (Lipinski definition) is 2. The van der Waals surface area contributed by atoms with Gasteiger partial charge in [-0.2, -0.15) is 0 Å². The topological polar surface area (TPSA) is 75.5 Å². The third-order valence-electron chi connectivity index (χ3n) is 1.22. The van der Waals surface area contributed by atoms with Gasteiger partial charge in [0.15, 0.2) is 0 Å². The molecule has 0 aliphatic heterocycles. The second kappa shape index (κ2) is 4.03. The van der Waals surface area contributed by atoms with E-state index in [1.807, 2.05) is 6.92 Å². The molecule has 0 aliphatic rings. The van der Waals surface area contributed by atoms with E-state index in [1.54, 1.807) is 0 Å². The molecule has 0 saturated carbocycles. The monoisotopic (exact) mass is 168 g/mol. The molecule has 2 N–H and O–H groups in total. The fourth-order valence-electron chi connectivity index (χ4n) is 0.663. The van der Waals surface area contributed by atoms with Crippen molar-refractivity contribution in [2.75, 3.05) is 6.61 Å². The molecule has 1 rings (SSSR count). The second-order valence-electron chi connectivity index (χ2n) is 2.11. The second-order valence-corrected chi connectivity index (χ2v) is 2.11. The maximum Gasteiger partial charge on any atom is 0.491 e. The van der Waals surface area contributed by atoms with Crippen molar-refractivity contribution in [1.29, 1.82) is 0 Å².